The third-order valence-electron chi connectivity index (χ3n) is 3.15. The van der Waals surface area contributed by atoms with Crippen LogP contribution < -0.4 is 9.47 Å². The molecule has 0 spiro atoms. The smallest absolute Gasteiger partial charge is 0.336 e. The lowest BCUT2D eigenvalue weighted by Gasteiger charge is -2.13. The number of carbonyl (C=O) groups excluding carboxylic acids is 1. The first-order chi connectivity index (χ1) is 10.5. The molecule has 5 nitrogen and oxygen atoms in total. The largest absolute Gasteiger partial charge is 0.493 e. The summed E-state index contributed by atoms with van der Waals surface area (Å²) < 4.78 is 10.8. The Labute approximate surface area is 128 Å². The maximum absolute atomic E-state index is 11.6. The second-order valence-corrected chi connectivity index (χ2v) is 4.68. The van der Waals surface area contributed by atoms with Crippen molar-refractivity contribution in [3.05, 3.63) is 59.2 Å². The van der Waals surface area contributed by atoms with E-state index in [-0.39, 0.29) is 29.3 Å². The van der Waals surface area contributed by atoms with Crippen LogP contribution in [-0.2, 0) is 6.61 Å². The molecular formula is C17H16O5. The van der Waals surface area contributed by atoms with Crippen LogP contribution in [0.25, 0.3) is 0 Å². The number of carbonyl (C=O) groups is 2. The third kappa shape index (κ3) is 3.44. The third-order valence-corrected chi connectivity index (χ3v) is 3.15. The minimum Gasteiger partial charge on any atom is -0.493 e. The van der Waals surface area contributed by atoms with Crippen molar-refractivity contribution in [1.29, 1.82) is 0 Å². The molecule has 0 heterocycles. The van der Waals surface area contributed by atoms with Gasteiger partial charge in [-0.3, -0.25) is 4.79 Å². The van der Waals surface area contributed by atoms with Crippen LogP contribution in [0, 0.1) is 0 Å². The zero-order valence-corrected chi connectivity index (χ0v) is 12.3. The molecule has 2 aromatic rings. The van der Waals surface area contributed by atoms with E-state index in [4.69, 9.17) is 9.47 Å². The van der Waals surface area contributed by atoms with Crippen LogP contribution in [0.5, 0.6) is 11.5 Å². The van der Waals surface area contributed by atoms with E-state index in [0.29, 0.717) is 5.75 Å². The van der Waals surface area contributed by atoms with E-state index in [1.54, 1.807) is 0 Å². The number of hydrogen-bond acceptors (Lipinski definition) is 4. The van der Waals surface area contributed by atoms with Gasteiger partial charge in [-0.2, -0.15) is 0 Å². The molecule has 0 aliphatic carbocycles. The molecule has 0 fully saturated rings. The average Bonchev–Trinajstić information content (AvgIpc) is 2.52. The van der Waals surface area contributed by atoms with Gasteiger partial charge in [-0.15, -0.1) is 0 Å². The first kappa shape index (κ1) is 15.6. The van der Waals surface area contributed by atoms with Gasteiger partial charge in [-0.1, -0.05) is 30.3 Å². The summed E-state index contributed by atoms with van der Waals surface area (Å²) in [5.74, 6) is -0.914. The number of hydrogen-bond donors (Lipinski definition) is 1. The predicted octanol–water partition coefficient (Wildman–Crippen LogP) is 3.18. The Kier molecular flexibility index (Phi) is 4.78. The van der Waals surface area contributed by atoms with Gasteiger partial charge in [0.2, 0.25) is 0 Å². The molecule has 1 N–H and O–H groups in total. The lowest BCUT2D eigenvalue weighted by molar-refractivity contribution is 0.0691. The molecule has 22 heavy (non-hydrogen) atoms. The molecule has 0 unspecified atom stereocenters. The predicted molar refractivity (Wildman–Crippen MR) is 80.7 cm³/mol. The summed E-state index contributed by atoms with van der Waals surface area (Å²) in [5, 5.41) is 9.24. The first-order valence-corrected chi connectivity index (χ1v) is 6.66. The summed E-state index contributed by atoms with van der Waals surface area (Å²) in [7, 11) is 1.44. The number of methoxy groups -OCH3 is 1. The van der Waals surface area contributed by atoms with Crippen LogP contribution in [0.4, 0.5) is 0 Å². The van der Waals surface area contributed by atoms with Gasteiger partial charge >= 0.3 is 5.97 Å². The van der Waals surface area contributed by atoms with E-state index in [0.717, 1.165) is 5.56 Å². The summed E-state index contributed by atoms with van der Waals surface area (Å²) in [6.07, 6.45) is 0. The van der Waals surface area contributed by atoms with E-state index in [1.807, 2.05) is 30.3 Å². The molecule has 0 atom stereocenters. The number of carboxylic acid groups (broad SMARTS) is 1. The van der Waals surface area contributed by atoms with Crippen LogP contribution >= 0.6 is 0 Å². The lowest BCUT2D eigenvalue weighted by atomic mass is 10.0. The minimum atomic E-state index is -1.18. The Morgan fingerprint density at radius 3 is 2.23 bits per heavy atom. The van der Waals surface area contributed by atoms with Crippen molar-refractivity contribution in [1.82, 2.24) is 0 Å². The minimum absolute atomic E-state index is 0.0939. The van der Waals surface area contributed by atoms with Crippen LogP contribution in [0.1, 0.15) is 33.2 Å². The number of ketones is 1. The zero-order chi connectivity index (χ0) is 16.1. The standard InChI is InChI=1S/C17H16O5/c1-11(18)13-8-15(21-2)16(9-14(13)17(19)20)22-10-12-6-4-3-5-7-12/h3-9H,10H2,1-2H3,(H,19,20). The van der Waals surface area contributed by atoms with Gasteiger partial charge in [0.1, 0.15) is 6.61 Å². The van der Waals surface area contributed by atoms with E-state index in [2.05, 4.69) is 0 Å². The maximum Gasteiger partial charge on any atom is 0.336 e. The summed E-state index contributed by atoms with van der Waals surface area (Å²) in [6.45, 7) is 1.58. The Balaban J connectivity index is 2.35. The van der Waals surface area contributed by atoms with Gasteiger partial charge in [-0.25, -0.2) is 4.79 Å². The van der Waals surface area contributed by atoms with E-state index >= 15 is 0 Å². The van der Waals surface area contributed by atoms with Crippen molar-refractivity contribution in [3.8, 4) is 11.5 Å². The van der Waals surface area contributed by atoms with Gasteiger partial charge in [0, 0.05) is 5.56 Å². The second kappa shape index (κ2) is 6.76. The quantitative estimate of drug-likeness (QED) is 0.829. The molecule has 2 aromatic carbocycles. The van der Waals surface area contributed by atoms with Crippen LogP contribution in [0.2, 0.25) is 0 Å². The highest BCUT2D eigenvalue weighted by atomic mass is 16.5. The first-order valence-electron chi connectivity index (χ1n) is 6.66. The van der Waals surface area contributed by atoms with E-state index < -0.39 is 5.97 Å². The molecule has 2 rings (SSSR count). The monoisotopic (exact) mass is 300 g/mol. The number of carboxylic acids is 1. The second-order valence-electron chi connectivity index (χ2n) is 4.68. The lowest BCUT2D eigenvalue weighted by Crippen LogP contribution is -2.08. The Hall–Kier alpha value is -2.82. The van der Waals surface area contributed by atoms with Gasteiger partial charge in [0.05, 0.1) is 12.7 Å². The topological polar surface area (TPSA) is 72.8 Å². The molecule has 0 saturated heterocycles. The van der Waals surface area contributed by atoms with Crippen LogP contribution in [0.3, 0.4) is 0 Å². The number of ether oxygens (including phenoxy) is 2. The molecule has 5 heteroatoms. The molecule has 0 aliphatic rings. The molecule has 0 radical (unpaired) electrons. The van der Waals surface area contributed by atoms with E-state index in [1.165, 1.54) is 26.2 Å². The van der Waals surface area contributed by atoms with Gasteiger partial charge < -0.3 is 14.6 Å². The van der Waals surface area contributed by atoms with Gasteiger partial charge in [0.15, 0.2) is 17.3 Å². The van der Waals surface area contributed by atoms with Crippen molar-refractivity contribution in [3.63, 3.8) is 0 Å². The SMILES string of the molecule is COc1cc(C(C)=O)c(C(=O)O)cc1OCc1ccccc1. The number of aromatic carboxylic acids is 1. The van der Waals surface area contributed by atoms with Crippen molar-refractivity contribution >= 4 is 11.8 Å². The molecule has 0 aromatic heterocycles. The fraction of sp³-hybridized carbons (Fsp3) is 0.176. The molecule has 114 valence electrons. The van der Waals surface area contributed by atoms with Crippen molar-refractivity contribution in [2.45, 2.75) is 13.5 Å². The summed E-state index contributed by atoms with van der Waals surface area (Å²) in [5.41, 5.74) is 0.935. The van der Waals surface area contributed by atoms with Gasteiger partial charge in [0.25, 0.3) is 0 Å². The summed E-state index contributed by atoms with van der Waals surface area (Å²) in [4.78, 5) is 22.9. The fourth-order valence-corrected chi connectivity index (χ4v) is 2.04. The van der Waals surface area contributed by atoms with Crippen LogP contribution in [-0.4, -0.2) is 24.0 Å². The average molecular weight is 300 g/mol. The van der Waals surface area contributed by atoms with Crippen molar-refractivity contribution in [2.24, 2.45) is 0 Å². The van der Waals surface area contributed by atoms with Crippen molar-refractivity contribution in [2.75, 3.05) is 7.11 Å². The molecule has 0 saturated carbocycles. The summed E-state index contributed by atoms with van der Waals surface area (Å²) in [6, 6.07) is 12.2. The number of Topliss-reactive ketones (excluding diaryl/α,β-unsaturated/α-hetero) is 1. The highest BCUT2D eigenvalue weighted by Crippen LogP contribution is 2.32. The Morgan fingerprint density at radius 1 is 1.05 bits per heavy atom. The highest BCUT2D eigenvalue weighted by molar-refractivity contribution is 6.05. The number of benzene rings is 2. The fourth-order valence-electron chi connectivity index (χ4n) is 2.04. The van der Waals surface area contributed by atoms with Crippen molar-refractivity contribution < 1.29 is 24.2 Å². The molecule has 0 amide bonds. The highest BCUT2D eigenvalue weighted by Gasteiger charge is 2.19. The zero-order valence-electron chi connectivity index (χ0n) is 12.3. The molecule has 0 bridgehead atoms. The normalized spacial score (nSPS) is 10.1. The molecule has 0 aliphatic heterocycles. The maximum atomic E-state index is 11.6. The van der Waals surface area contributed by atoms with Crippen LogP contribution in [0.15, 0.2) is 42.5 Å². The van der Waals surface area contributed by atoms with Gasteiger partial charge in [-0.05, 0) is 24.6 Å². The molecular weight excluding hydrogens is 284 g/mol. The Morgan fingerprint density at radius 2 is 1.68 bits per heavy atom. The van der Waals surface area contributed by atoms with E-state index in [9.17, 15) is 14.7 Å². The Bertz CT molecular complexity index is 692. The summed E-state index contributed by atoms with van der Waals surface area (Å²) >= 11 is 0. The number of rotatable bonds is 6.